The second-order valence-corrected chi connectivity index (χ2v) is 7.12. The number of rotatable bonds is 5. The van der Waals surface area contributed by atoms with E-state index in [1.807, 2.05) is 24.3 Å². The van der Waals surface area contributed by atoms with E-state index in [0.717, 1.165) is 5.56 Å². The van der Waals surface area contributed by atoms with Gasteiger partial charge in [-0.15, -0.1) is 0 Å². The lowest BCUT2D eigenvalue weighted by molar-refractivity contribution is -0.136. The molecule has 136 valence electrons. The second kappa shape index (κ2) is 7.87. The quantitative estimate of drug-likeness (QED) is 0.561. The number of phenols is 1. The van der Waals surface area contributed by atoms with Crippen molar-refractivity contribution in [3.63, 3.8) is 0 Å². The summed E-state index contributed by atoms with van der Waals surface area (Å²) in [6, 6.07) is 12.3. The summed E-state index contributed by atoms with van der Waals surface area (Å²) in [7, 11) is 0. The van der Waals surface area contributed by atoms with E-state index in [1.54, 1.807) is 6.08 Å². The molecule has 0 spiro atoms. The van der Waals surface area contributed by atoms with Gasteiger partial charge in [0.15, 0.2) is 0 Å². The van der Waals surface area contributed by atoms with Crippen LogP contribution in [0, 0.1) is 0 Å². The van der Waals surface area contributed by atoms with Gasteiger partial charge in [-0.05, 0) is 40.3 Å². The largest absolute Gasteiger partial charge is 0.506 e. The van der Waals surface area contributed by atoms with Crippen LogP contribution in [0.15, 0.2) is 48.5 Å². The molecule has 0 aliphatic heterocycles. The highest BCUT2D eigenvalue weighted by Crippen LogP contribution is 2.25. The SMILES string of the molecule is CC(C)(C)c1ccc(/C=C/C(=O)Nc2cc(CC(=O)O)ccc2O)cc1. The van der Waals surface area contributed by atoms with Crippen LogP contribution in [0.2, 0.25) is 0 Å². The molecule has 0 aliphatic carbocycles. The van der Waals surface area contributed by atoms with Crippen molar-refractivity contribution in [2.75, 3.05) is 5.32 Å². The minimum Gasteiger partial charge on any atom is -0.506 e. The number of phenolic OH excluding ortho intramolecular Hbond substituents is 1. The van der Waals surface area contributed by atoms with Gasteiger partial charge in [-0.25, -0.2) is 0 Å². The van der Waals surface area contributed by atoms with Gasteiger partial charge in [0, 0.05) is 6.08 Å². The number of amides is 1. The molecule has 1 amide bonds. The summed E-state index contributed by atoms with van der Waals surface area (Å²) in [5, 5.41) is 21.2. The first kappa shape index (κ1) is 19.2. The molecule has 0 bridgehead atoms. The van der Waals surface area contributed by atoms with Gasteiger partial charge in [0.05, 0.1) is 12.1 Å². The fourth-order valence-electron chi connectivity index (χ4n) is 2.41. The van der Waals surface area contributed by atoms with Crippen molar-refractivity contribution in [2.45, 2.75) is 32.6 Å². The standard InChI is InChI=1S/C21H23NO4/c1-21(2,3)16-8-4-14(5-9-16)7-11-19(24)22-17-12-15(13-20(25)26)6-10-18(17)23/h4-12,23H,13H2,1-3H3,(H,22,24)(H,25,26)/b11-7+. The predicted molar refractivity (Wildman–Crippen MR) is 102 cm³/mol. The molecule has 2 rings (SSSR count). The first-order valence-electron chi connectivity index (χ1n) is 8.28. The summed E-state index contributed by atoms with van der Waals surface area (Å²) >= 11 is 0. The number of benzene rings is 2. The van der Waals surface area contributed by atoms with Gasteiger partial charge < -0.3 is 15.5 Å². The van der Waals surface area contributed by atoms with E-state index in [1.165, 1.54) is 29.8 Å². The van der Waals surface area contributed by atoms with E-state index >= 15 is 0 Å². The van der Waals surface area contributed by atoms with E-state index in [4.69, 9.17) is 5.11 Å². The second-order valence-electron chi connectivity index (χ2n) is 7.12. The lowest BCUT2D eigenvalue weighted by Crippen LogP contribution is -2.10. The Bertz CT molecular complexity index is 830. The van der Waals surface area contributed by atoms with Crippen molar-refractivity contribution < 1.29 is 19.8 Å². The molecule has 5 heteroatoms. The highest BCUT2D eigenvalue weighted by atomic mass is 16.4. The summed E-state index contributed by atoms with van der Waals surface area (Å²) in [4.78, 5) is 22.8. The predicted octanol–water partition coefficient (Wildman–Crippen LogP) is 3.97. The smallest absolute Gasteiger partial charge is 0.307 e. The number of nitrogens with one attached hydrogen (secondary N) is 1. The molecule has 0 heterocycles. The highest BCUT2D eigenvalue weighted by molar-refractivity contribution is 6.02. The molecule has 5 nitrogen and oxygen atoms in total. The summed E-state index contributed by atoms with van der Waals surface area (Å²) in [5.41, 5.74) is 2.84. The van der Waals surface area contributed by atoms with Gasteiger partial charge in [-0.1, -0.05) is 51.1 Å². The fourth-order valence-corrected chi connectivity index (χ4v) is 2.41. The summed E-state index contributed by atoms with van der Waals surface area (Å²) < 4.78 is 0. The van der Waals surface area contributed by atoms with Gasteiger partial charge >= 0.3 is 5.97 Å². The Kier molecular flexibility index (Phi) is 5.82. The Labute approximate surface area is 153 Å². The van der Waals surface area contributed by atoms with Gasteiger partial charge in [-0.3, -0.25) is 9.59 Å². The van der Waals surface area contributed by atoms with Crippen molar-refractivity contribution in [3.8, 4) is 5.75 Å². The van der Waals surface area contributed by atoms with Crippen LogP contribution in [-0.4, -0.2) is 22.1 Å². The van der Waals surface area contributed by atoms with Crippen molar-refractivity contribution >= 4 is 23.6 Å². The molecule has 0 radical (unpaired) electrons. The number of anilines is 1. The summed E-state index contributed by atoms with van der Waals surface area (Å²) in [5.74, 6) is -1.50. The normalized spacial score (nSPS) is 11.5. The van der Waals surface area contributed by atoms with Crippen LogP contribution in [0.5, 0.6) is 5.75 Å². The van der Waals surface area contributed by atoms with Crippen LogP contribution in [-0.2, 0) is 21.4 Å². The van der Waals surface area contributed by atoms with Crippen LogP contribution in [0.25, 0.3) is 6.08 Å². The fraction of sp³-hybridized carbons (Fsp3) is 0.238. The number of aliphatic carboxylic acids is 1. The molecule has 0 unspecified atom stereocenters. The van der Waals surface area contributed by atoms with Crippen LogP contribution >= 0.6 is 0 Å². The molecule has 0 saturated carbocycles. The Hall–Kier alpha value is -3.08. The monoisotopic (exact) mass is 353 g/mol. The van der Waals surface area contributed by atoms with Crippen molar-refractivity contribution in [1.29, 1.82) is 0 Å². The first-order chi connectivity index (χ1) is 12.1. The molecule has 0 aliphatic rings. The third kappa shape index (κ3) is 5.48. The van der Waals surface area contributed by atoms with Crippen LogP contribution in [0.3, 0.4) is 0 Å². The lowest BCUT2D eigenvalue weighted by atomic mass is 9.87. The third-order valence-corrected chi connectivity index (χ3v) is 3.88. The molecule has 26 heavy (non-hydrogen) atoms. The van der Waals surface area contributed by atoms with Crippen LogP contribution < -0.4 is 5.32 Å². The summed E-state index contributed by atoms with van der Waals surface area (Å²) in [6.07, 6.45) is 2.87. The van der Waals surface area contributed by atoms with Gasteiger partial charge in [-0.2, -0.15) is 0 Å². The number of hydrogen-bond donors (Lipinski definition) is 3. The molecule has 2 aromatic rings. The van der Waals surface area contributed by atoms with Crippen molar-refractivity contribution in [1.82, 2.24) is 0 Å². The summed E-state index contributed by atoms with van der Waals surface area (Å²) in [6.45, 7) is 6.41. The minimum absolute atomic E-state index is 0.0676. The number of aromatic hydroxyl groups is 1. The molecule has 0 aromatic heterocycles. The Morgan fingerprint density at radius 1 is 1.08 bits per heavy atom. The number of hydrogen-bond acceptors (Lipinski definition) is 3. The topological polar surface area (TPSA) is 86.6 Å². The zero-order valence-corrected chi connectivity index (χ0v) is 15.1. The van der Waals surface area contributed by atoms with Gasteiger partial charge in [0.1, 0.15) is 5.75 Å². The lowest BCUT2D eigenvalue weighted by Gasteiger charge is -2.18. The Balaban J connectivity index is 2.06. The van der Waals surface area contributed by atoms with Crippen molar-refractivity contribution in [2.24, 2.45) is 0 Å². The Morgan fingerprint density at radius 3 is 2.31 bits per heavy atom. The average Bonchev–Trinajstić information content (AvgIpc) is 2.55. The molecule has 2 aromatic carbocycles. The van der Waals surface area contributed by atoms with Crippen molar-refractivity contribution in [3.05, 3.63) is 65.2 Å². The molecule has 3 N–H and O–H groups in total. The maximum Gasteiger partial charge on any atom is 0.307 e. The van der Waals surface area contributed by atoms with E-state index < -0.39 is 11.9 Å². The van der Waals surface area contributed by atoms with E-state index in [-0.39, 0.29) is 23.3 Å². The molecule has 0 fully saturated rings. The van der Waals surface area contributed by atoms with E-state index in [2.05, 4.69) is 26.1 Å². The highest BCUT2D eigenvalue weighted by Gasteiger charge is 2.12. The molecular formula is C21H23NO4. The maximum absolute atomic E-state index is 12.1. The van der Waals surface area contributed by atoms with E-state index in [0.29, 0.717) is 5.56 Å². The van der Waals surface area contributed by atoms with Crippen LogP contribution in [0.1, 0.15) is 37.5 Å². The number of carbonyl (C=O) groups is 2. The zero-order chi connectivity index (χ0) is 19.3. The van der Waals surface area contributed by atoms with Gasteiger partial charge in [0.2, 0.25) is 5.91 Å². The molecule has 0 saturated heterocycles. The molecule has 0 atom stereocenters. The van der Waals surface area contributed by atoms with Gasteiger partial charge in [0.25, 0.3) is 0 Å². The number of carboxylic acids is 1. The number of carboxylic acid groups (broad SMARTS) is 1. The zero-order valence-electron chi connectivity index (χ0n) is 15.1. The first-order valence-corrected chi connectivity index (χ1v) is 8.28. The Morgan fingerprint density at radius 2 is 1.73 bits per heavy atom. The third-order valence-electron chi connectivity index (χ3n) is 3.88. The maximum atomic E-state index is 12.1. The van der Waals surface area contributed by atoms with E-state index in [9.17, 15) is 14.7 Å². The molecular weight excluding hydrogens is 330 g/mol. The average molecular weight is 353 g/mol. The van der Waals surface area contributed by atoms with Crippen LogP contribution in [0.4, 0.5) is 5.69 Å². The minimum atomic E-state index is -0.980. The number of carbonyl (C=O) groups excluding carboxylic acids is 1.